The normalized spacial score (nSPS) is 15.5. The first-order valence-electron chi connectivity index (χ1n) is 5.11. The lowest BCUT2D eigenvalue weighted by molar-refractivity contribution is 0.0964. The van der Waals surface area contributed by atoms with Gasteiger partial charge in [0.1, 0.15) is 0 Å². The van der Waals surface area contributed by atoms with Crippen LogP contribution in [0.2, 0.25) is 0 Å². The monoisotopic (exact) mass is 187 g/mol. The lowest BCUT2D eigenvalue weighted by atomic mass is 9.94. The molecular formula is C11H25NO. The number of rotatable bonds is 4. The van der Waals surface area contributed by atoms with Gasteiger partial charge in [0.15, 0.2) is 0 Å². The second-order valence-electron chi connectivity index (χ2n) is 5.24. The number of aliphatic hydroxyl groups excluding tert-OH is 1. The standard InChI is InChI=1S/C11H25NO/c1-9(2)10(8-13)7-12(6)11(3,4)5/h9-10,13H,7-8H2,1-6H3. The number of hydrogen-bond acceptors (Lipinski definition) is 2. The van der Waals surface area contributed by atoms with E-state index in [1.165, 1.54) is 0 Å². The molecule has 0 aromatic carbocycles. The Balaban J connectivity index is 4.09. The van der Waals surface area contributed by atoms with E-state index in [1.807, 2.05) is 0 Å². The summed E-state index contributed by atoms with van der Waals surface area (Å²) in [6, 6.07) is 0. The molecule has 2 nitrogen and oxygen atoms in total. The summed E-state index contributed by atoms with van der Waals surface area (Å²) in [5, 5.41) is 9.18. The summed E-state index contributed by atoms with van der Waals surface area (Å²) in [6.07, 6.45) is 0. The van der Waals surface area contributed by atoms with Gasteiger partial charge in [0.2, 0.25) is 0 Å². The van der Waals surface area contributed by atoms with Gasteiger partial charge in [0.05, 0.1) is 0 Å². The van der Waals surface area contributed by atoms with Crippen molar-refractivity contribution in [1.29, 1.82) is 0 Å². The first kappa shape index (κ1) is 12.9. The molecule has 13 heavy (non-hydrogen) atoms. The van der Waals surface area contributed by atoms with E-state index in [1.54, 1.807) is 0 Å². The molecule has 0 aliphatic heterocycles. The van der Waals surface area contributed by atoms with E-state index in [2.05, 4.69) is 46.6 Å². The van der Waals surface area contributed by atoms with Gasteiger partial charge in [0, 0.05) is 18.7 Å². The highest BCUT2D eigenvalue weighted by Gasteiger charge is 2.21. The Labute approximate surface area is 82.9 Å². The van der Waals surface area contributed by atoms with Crippen molar-refractivity contribution in [3.05, 3.63) is 0 Å². The van der Waals surface area contributed by atoms with Crippen LogP contribution in [0.25, 0.3) is 0 Å². The first-order chi connectivity index (χ1) is 5.79. The average molecular weight is 187 g/mol. The fourth-order valence-electron chi connectivity index (χ4n) is 1.10. The predicted octanol–water partition coefficient (Wildman–Crippen LogP) is 1.98. The van der Waals surface area contributed by atoms with E-state index < -0.39 is 0 Å². The third kappa shape index (κ3) is 4.63. The molecule has 1 atom stereocenters. The van der Waals surface area contributed by atoms with Crippen molar-refractivity contribution < 1.29 is 5.11 Å². The highest BCUT2D eigenvalue weighted by molar-refractivity contribution is 4.76. The molecule has 1 unspecified atom stereocenters. The van der Waals surface area contributed by atoms with Crippen molar-refractivity contribution in [1.82, 2.24) is 4.90 Å². The topological polar surface area (TPSA) is 23.5 Å². The fourth-order valence-corrected chi connectivity index (χ4v) is 1.10. The summed E-state index contributed by atoms with van der Waals surface area (Å²) in [5.41, 5.74) is 0.197. The SMILES string of the molecule is CC(C)C(CO)CN(C)C(C)(C)C. The minimum absolute atomic E-state index is 0.197. The molecule has 0 amide bonds. The Morgan fingerprint density at radius 1 is 1.23 bits per heavy atom. The van der Waals surface area contributed by atoms with Gasteiger partial charge in [-0.25, -0.2) is 0 Å². The van der Waals surface area contributed by atoms with Crippen LogP contribution in [0, 0.1) is 11.8 Å². The van der Waals surface area contributed by atoms with Gasteiger partial charge in [-0.05, 0) is 39.7 Å². The molecule has 80 valence electrons. The van der Waals surface area contributed by atoms with Crippen molar-refractivity contribution in [2.24, 2.45) is 11.8 Å². The Kier molecular flexibility index (Phi) is 4.93. The molecule has 1 N–H and O–H groups in total. The second-order valence-corrected chi connectivity index (χ2v) is 5.24. The fraction of sp³-hybridized carbons (Fsp3) is 1.00. The lowest BCUT2D eigenvalue weighted by Gasteiger charge is -2.35. The van der Waals surface area contributed by atoms with Gasteiger partial charge in [-0.1, -0.05) is 13.8 Å². The zero-order valence-electron chi connectivity index (χ0n) is 9.96. The van der Waals surface area contributed by atoms with Gasteiger partial charge >= 0.3 is 0 Å². The van der Waals surface area contributed by atoms with Crippen LogP contribution in [0.3, 0.4) is 0 Å². The molecule has 0 rings (SSSR count). The second kappa shape index (κ2) is 4.97. The molecule has 2 heteroatoms. The maximum Gasteiger partial charge on any atom is 0.0473 e. The van der Waals surface area contributed by atoms with Crippen LogP contribution < -0.4 is 0 Å². The van der Waals surface area contributed by atoms with Crippen LogP contribution in [0.15, 0.2) is 0 Å². The molecule has 0 bridgehead atoms. The number of nitrogens with zero attached hydrogens (tertiary/aromatic N) is 1. The summed E-state index contributed by atoms with van der Waals surface area (Å²) in [5.74, 6) is 0.944. The predicted molar refractivity (Wildman–Crippen MR) is 57.8 cm³/mol. The Morgan fingerprint density at radius 3 is 1.92 bits per heavy atom. The minimum Gasteiger partial charge on any atom is -0.396 e. The van der Waals surface area contributed by atoms with E-state index in [0.29, 0.717) is 11.8 Å². The quantitative estimate of drug-likeness (QED) is 0.727. The third-order valence-electron chi connectivity index (χ3n) is 2.83. The number of hydrogen-bond donors (Lipinski definition) is 1. The average Bonchev–Trinajstić information content (AvgIpc) is 1.96. The van der Waals surface area contributed by atoms with E-state index in [-0.39, 0.29) is 12.1 Å². The Hall–Kier alpha value is -0.0800. The molecule has 0 fully saturated rings. The zero-order valence-corrected chi connectivity index (χ0v) is 9.96. The molecule has 0 aromatic rings. The lowest BCUT2D eigenvalue weighted by Crippen LogP contribution is -2.42. The van der Waals surface area contributed by atoms with Gasteiger partial charge in [-0.2, -0.15) is 0 Å². The summed E-state index contributed by atoms with van der Waals surface area (Å²) in [7, 11) is 2.12. The Morgan fingerprint density at radius 2 is 1.69 bits per heavy atom. The third-order valence-corrected chi connectivity index (χ3v) is 2.83. The smallest absolute Gasteiger partial charge is 0.0473 e. The molecule has 0 spiro atoms. The van der Waals surface area contributed by atoms with Gasteiger partial charge in [-0.15, -0.1) is 0 Å². The molecule has 0 radical (unpaired) electrons. The molecule has 0 aromatic heterocycles. The summed E-state index contributed by atoms with van der Waals surface area (Å²) < 4.78 is 0. The summed E-state index contributed by atoms with van der Waals surface area (Å²) >= 11 is 0. The highest BCUT2D eigenvalue weighted by atomic mass is 16.3. The van der Waals surface area contributed by atoms with Crippen molar-refractivity contribution in [2.75, 3.05) is 20.2 Å². The van der Waals surface area contributed by atoms with E-state index in [9.17, 15) is 5.11 Å². The molecule has 0 aliphatic carbocycles. The molecule has 0 saturated carbocycles. The van der Waals surface area contributed by atoms with Crippen LogP contribution in [0.1, 0.15) is 34.6 Å². The zero-order chi connectivity index (χ0) is 10.6. The van der Waals surface area contributed by atoms with E-state index in [4.69, 9.17) is 0 Å². The van der Waals surface area contributed by atoms with Crippen molar-refractivity contribution in [2.45, 2.75) is 40.2 Å². The van der Waals surface area contributed by atoms with Crippen molar-refractivity contribution in [3.63, 3.8) is 0 Å². The number of aliphatic hydroxyl groups is 1. The van der Waals surface area contributed by atoms with Crippen LogP contribution >= 0.6 is 0 Å². The summed E-state index contributed by atoms with van der Waals surface area (Å²) in [6.45, 7) is 12.2. The maximum absolute atomic E-state index is 9.18. The van der Waals surface area contributed by atoms with Crippen molar-refractivity contribution in [3.8, 4) is 0 Å². The molecule has 0 saturated heterocycles. The van der Waals surface area contributed by atoms with Gasteiger partial charge in [-0.3, -0.25) is 0 Å². The summed E-state index contributed by atoms with van der Waals surface area (Å²) in [4.78, 5) is 2.30. The largest absolute Gasteiger partial charge is 0.396 e. The molecular weight excluding hydrogens is 162 g/mol. The van der Waals surface area contributed by atoms with Gasteiger partial charge < -0.3 is 10.0 Å². The first-order valence-corrected chi connectivity index (χ1v) is 5.11. The minimum atomic E-state index is 0.197. The van der Waals surface area contributed by atoms with Crippen LogP contribution in [0.5, 0.6) is 0 Å². The molecule has 0 aliphatic rings. The van der Waals surface area contributed by atoms with Crippen molar-refractivity contribution >= 4 is 0 Å². The molecule has 0 heterocycles. The van der Waals surface area contributed by atoms with E-state index in [0.717, 1.165) is 6.54 Å². The maximum atomic E-state index is 9.18. The van der Waals surface area contributed by atoms with E-state index >= 15 is 0 Å². The van der Waals surface area contributed by atoms with Crippen LogP contribution in [-0.4, -0.2) is 35.7 Å². The Bertz CT molecular complexity index is 138. The highest BCUT2D eigenvalue weighted by Crippen LogP contribution is 2.17. The van der Waals surface area contributed by atoms with Crippen LogP contribution in [-0.2, 0) is 0 Å². The van der Waals surface area contributed by atoms with Crippen LogP contribution in [0.4, 0.5) is 0 Å². The van der Waals surface area contributed by atoms with Gasteiger partial charge in [0.25, 0.3) is 0 Å².